The fourth-order valence-corrected chi connectivity index (χ4v) is 1.77. The number of rotatable bonds is 3. The number of alkyl halides is 1. The predicted molar refractivity (Wildman–Crippen MR) is 58.0 cm³/mol. The van der Waals surface area contributed by atoms with Crippen LogP contribution in [0, 0.1) is 0 Å². The maximum atomic E-state index is 3.51. The van der Waals surface area contributed by atoms with Gasteiger partial charge in [0.25, 0.3) is 0 Å². The van der Waals surface area contributed by atoms with Crippen LogP contribution in [0.3, 0.4) is 0 Å². The van der Waals surface area contributed by atoms with Gasteiger partial charge in [0.1, 0.15) is 0 Å². The molecule has 1 atom stereocenters. The van der Waals surface area contributed by atoms with Crippen molar-refractivity contribution in [2.75, 3.05) is 5.33 Å². The van der Waals surface area contributed by atoms with Gasteiger partial charge in [-0.1, -0.05) is 54.0 Å². The normalized spacial score (nSPS) is 12.9. The summed E-state index contributed by atoms with van der Waals surface area (Å²) >= 11 is 3.51. The van der Waals surface area contributed by atoms with E-state index in [9.17, 15) is 0 Å². The summed E-state index contributed by atoms with van der Waals surface area (Å²) in [5.41, 5.74) is 2.96. The van der Waals surface area contributed by atoms with Crippen LogP contribution in [0.15, 0.2) is 24.3 Å². The molecule has 1 unspecified atom stereocenters. The summed E-state index contributed by atoms with van der Waals surface area (Å²) in [7, 11) is 0. The van der Waals surface area contributed by atoms with E-state index in [-0.39, 0.29) is 0 Å². The van der Waals surface area contributed by atoms with E-state index >= 15 is 0 Å². The van der Waals surface area contributed by atoms with Crippen LogP contribution >= 0.6 is 15.9 Å². The van der Waals surface area contributed by atoms with Gasteiger partial charge in [0.2, 0.25) is 0 Å². The number of aryl methyl sites for hydroxylation is 1. The van der Waals surface area contributed by atoms with Gasteiger partial charge in [-0.05, 0) is 23.5 Å². The maximum Gasteiger partial charge on any atom is 0.00976 e. The topological polar surface area (TPSA) is 0 Å². The lowest BCUT2D eigenvalue weighted by Gasteiger charge is -2.12. The van der Waals surface area contributed by atoms with Gasteiger partial charge in [-0.2, -0.15) is 0 Å². The first-order valence-electron chi connectivity index (χ1n) is 4.43. The number of hydrogen-bond acceptors (Lipinski definition) is 0. The van der Waals surface area contributed by atoms with E-state index in [1.165, 1.54) is 11.1 Å². The Hall–Kier alpha value is -0.300. The molecule has 1 rings (SSSR count). The Kier molecular flexibility index (Phi) is 3.80. The minimum atomic E-state index is 0.626. The molecule has 0 fully saturated rings. The third-order valence-electron chi connectivity index (χ3n) is 2.20. The first-order valence-corrected chi connectivity index (χ1v) is 5.55. The largest absolute Gasteiger partial charge is 0.0922 e. The second-order valence-corrected chi connectivity index (χ2v) is 3.76. The van der Waals surface area contributed by atoms with Gasteiger partial charge in [0, 0.05) is 5.33 Å². The lowest BCUT2D eigenvalue weighted by atomic mass is 9.96. The second kappa shape index (κ2) is 4.66. The molecule has 0 bridgehead atoms. The monoisotopic (exact) mass is 226 g/mol. The fourth-order valence-electron chi connectivity index (χ4n) is 1.42. The highest BCUT2D eigenvalue weighted by atomic mass is 79.9. The zero-order valence-electron chi connectivity index (χ0n) is 7.68. The highest BCUT2D eigenvalue weighted by molar-refractivity contribution is 9.09. The minimum Gasteiger partial charge on any atom is -0.0922 e. The molecular weight excluding hydrogens is 212 g/mol. The first kappa shape index (κ1) is 9.79. The Bertz CT molecular complexity index is 243. The summed E-state index contributed by atoms with van der Waals surface area (Å²) in [4.78, 5) is 0. The molecule has 1 heteroatoms. The minimum absolute atomic E-state index is 0.626. The van der Waals surface area contributed by atoms with Crippen molar-refractivity contribution in [2.24, 2.45) is 0 Å². The van der Waals surface area contributed by atoms with E-state index in [2.05, 4.69) is 54.0 Å². The standard InChI is InChI=1S/C11H15Br/c1-3-10-6-4-5-7-11(10)9(2)8-12/h4-7,9H,3,8H2,1-2H3. The summed E-state index contributed by atoms with van der Waals surface area (Å²) in [6.07, 6.45) is 1.13. The van der Waals surface area contributed by atoms with Crippen molar-refractivity contribution in [1.82, 2.24) is 0 Å². The van der Waals surface area contributed by atoms with Crippen LogP contribution in [0.1, 0.15) is 30.9 Å². The van der Waals surface area contributed by atoms with Crippen LogP contribution in [0.4, 0.5) is 0 Å². The molecule has 0 saturated heterocycles. The van der Waals surface area contributed by atoms with Gasteiger partial charge < -0.3 is 0 Å². The van der Waals surface area contributed by atoms with Crippen LogP contribution in [0.25, 0.3) is 0 Å². The number of hydrogen-bond donors (Lipinski definition) is 0. The Labute approximate surface area is 83.1 Å². The zero-order chi connectivity index (χ0) is 8.97. The third-order valence-corrected chi connectivity index (χ3v) is 3.17. The molecule has 12 heavy (non-hydrogen) atoms. The van der Waals surface area contributed by atoms with Gasteiger partial charge >= 0.3 is 0 Å². The average molecular weight is 227 g/mol. The van der Waals surface area contributed by atoms with Crippen LogP contribution in [0.5, 0.6) is 0 Å². The van der Waals surface area contributed by atoms with E-state index in [4.69, 9.17) is 0 Å². The summed E-state index contributed by atoms with van der Waals surface area (Å²) in [6, 6.07) is 8.68. The molecule has 0 nitrogen and oxygen atoms in total. The highest BCUT2D eigenvalue weighted by Crippen LogP contribution is 2.21. The Morgan fingerprint density at radius 1 is 1.33 bits per heavy atom. The number of benzene rings is 1. The van der Waals surface area contributed by atoms with Crippen LogP contribution in [0.2, 0.25) is 0 Å². The zero-order valence-corrected chi connectivity index (χ0v) is 9.26. The lowest BCUT2D eigenvalue weighted by molar-refractivity contribution is 0.863. The molecule has 66 valence electrons. The van der Waals surface area contributed by atoms with Gasteiger partial charge in [0.05, 0.1) is 0 Å². The van der Waals surface area contributed by atoms with E-state index in [0.717, 1.165) is 11.8 Å². The first-order chi connectivity index (χ1) is 5.79. The van der Waals surface area contributed by atoms with Gasteiger partial charge in [0.15, 0.2) is 0 Å². The van der Waals surface area contributed by atoms with Crippen molar-refractivity contribution in [3.8, 4) is 0 Å². The molecule has 0 aliphatic rings. The molecule has 0 radical (unpaired) electrons. The highest BCUT2D eigenvalue weighted by Gasteiger charge is 2.06. The van der Waals surface area contributed by atoms with E-state index < -0.39 is 0 Å². The molecule has 1 aromatic rings. The number of halogens is 1. The Morgan fingerprint density at radius 3 is 2.58 bits per heavy atom. The Balaban J connectivity index is 2.96. The summed E-state index contributed by atoms with van der Waals surface area (Å²) in [5, 5.41) is 1.05. The molecule has 0 aliphatic carbocycles. The molecule has 0 N–H and O–H groups in total. The SMILES string of the molecule is CCc1ccccc1C(C)CBr. The molecule has 1 aromatic carbocycles. The van der Waals surface area contributed by atoms with Crippen molar-refractivity contribution in [3.05, 3.63) is 35.4 Å². The second-order valence-electron chi connectivity index (χ2n) is 3.11. The van der Waals surface area contributed by atoms with Crippen molar-refractivity contribution in [3.63, 3.8) is 0 Å². The van der Waals surface area contributed by atoms with Crippen LogP contribution < -0.4 is 0 Å². The molecule has 0 amide bonds. The maximum absolute atomic E-state index is 3.51. The van der Waals surface area contributed by atoms with E-state index in [1.54, 1.807) is 0 Å². The molecule has 0 saturated carbocycles. The van der Waals surface area contributed by atoms with E-state index in [0.29, 0.717) is 5.92 Å². The van der Waals surface area contributed by atoms with Crippen molar-refractivity contribution >= 4 is 15.9 Å². The fraction of sp³-hybridized carbons (Fsp3) is 0.455. The third kappa shape index (κ3) is 2.10. The molecule has 0 aliphatic heterocycles. The predicted octanol–water partition coefficient (Wildman–Crippen LogP) is 3.75. The summed E-state index contributed by atoms with van der Waals surface area (Å²) < 4.78 is 0. The summed E-state index contributed by atoms with van der Waals surface area (Å²) in [6.45, 7) is 4.46. The quantitative estimate of drug-likeness (QED) is 0.690. The lowest BCUT2D eigenvalue weighted by Crippen LogP contribution is -1.98. The Morgan fingerprint density at radius 2 is 2.00 bits per heavy atom. The van der Waals surface area contributed by atoms with Crippen LogP contribution in [-0.4, -0.2) is 5.33 Å². The van der Waals surface area contributed by atoms with Crippen molar-refractivity contribution in [1.29, 1.82) is 0 Å². The smallest absolute Gasteiger partial charge is 0.00976 e. The molecular formula is C11H15Br. The molecule has 0 aromatic heterocycles. The molecule has 0 heterocycles. The van der Waals surface area contributed by atoms with Crippen molar-refractivity contribution < 1.29 is 0 Å². The average Bonchev–Trinajstić information content (AvgIpc) is 2.16. The van der Waals surface area contributed by atoms with Gasteiger partial charge in [-0.25, -0.2) is 0 Å². The van der Waals surface area contributed by atoms with Gasteiger partial charge in [-0.3, -0.25) is 0 Å². The van der Waals surface area contributed by atoms with E-state index in [1.807, 2.05) is 0 Å². The van der Waals surface area contributed by atoms with Gasteiger partial charge in [-0.15, -0.1) is 0 Å². The van der Waals surface area contributed by atoms with Crippen LogP contribution in [-0.2, 0) is 6.42 Å². The molecule has 0 spiro atoms. The summed E-state index contributed by atoms with van der Waals surface area (Å²) in [5.74, 6) is 0.626. The van der Waals surface area contributed by atoms with Crippen molar-refractivity contribution in [2.45, 2.75) is 26.2 Å².